The number of amides is 2. The fourth-order valence-corrected chi connectivity index (χ4v) is 3.33. The molecule has 5 heteroatoms. The molecule has 5 nitrogen and oxygen atoms in total. The van der Waals surface area contributed by atoms with E-state index in [0.717, 1.165) is 12.2 Å². The van der Waals surface area contributed by atoms with Gasteiger partial charge in [-0.3, -0.25) is 9.59 Å². The Hall–Kier alpha value is -2.66. The van der Waals surface area contributed by atoms with E-state index < -0.39 is 6.04 Å². The lowest BCUT2D eigenvalue weighted by molar-refractivity contribution is -0.695. The average Bonchev–Trinajstić information content (AvgIpc) is 2.67. The Balaban J connectivity index is 1.54. The van der Waals surface area contributed by atoms with Crippen molar-refractivity contribution in [1.82, 2.24) is 5.32 Å². The van der Waals surface area contributed by atoms with Crippen LogP contribution in [0.5, 0.6) is 0 Å². The summed E-state index contributed by atoms with van der Waals surface area (Å²) in [5, 5.41) is 7.75. The monoisotopic (exact) mass is 366 g/mol. The standard InChI is InChI=1S/C22H27N3O2/c1-14(2)16-8-10-19(11-9-16)25-21(26)15(3)24-22(27)20-12-17-6-4-5-7-18(17)13-23-20/h4-11,14-15,20,23H,12-13H2,1-3H3,(H,24,27)(H,25,26)/p+1/t15-,20-/m0/s1. The molecule has 0 aromatic heterocycles. The normalized spacial score (nSPS) is 17.1. The van der Waals surface area contributed by atoms with Crippen molar-refractivity contribution in [3.63, 3.8) is 0 Å². The van der Waals surface area contributed by atoms with Crippen LogP contribution in [-0.2, 0) is 22.6 Å². The number of anilines is 1. The van der Waals surface area contributed by atoms with Crippen molar-refractivity contribution in [2.75, 3.05) is 5.32 Å². The molecule has 2 aromatic carbocycles. The first-order chi connectivity index (χ1) is 12.9. The topological polar surface area (TPSA) is 74.8 Å². The molecule has 0 aliphatic carbocycles. The quantitative estimate of drug-likeness (QED) is 0.757. The molecular formula is C22H28N3O2+. The molecular weight excluding hydrogens is 338 g/mol. The maximum atomic E-state index is 12.6. The van der Waals surface area contributed by atoms with Crippen LogP contribution in [0.3, 0.4) is 0 Å². The van der Waals surface area contributed by atoms with E-state index in [2.05, 4.69) is 36.6 Å². The second-order valence-electron chi connectivity index (χ2n) is 7.52. The molecule has 0 bridgehead atoms. The molecule has 1 aliphatic heterocycles. The van der Waals surface area contributed by atoms with E-state index in [1.54, 1.807) is 6.92 Å². The van der Waals surface area contributed by atoms with Crippen LogP contribution in [0.1, 0.15) is 43.4 Å². The fraction of sp³-hybridized carbons (Fsp3) is 0.364. The van der Waals surface area contributed by atoms with Crippen LogP contribution in [0, 0.1) is 0 Å². The Morgan fingerprint density at radius 1 is 1.00 bits per heavy atom. The summed E-state index contributed by atoms with van der Waals surface area (Å²) >= 11 is 0. The summed E-state index contributed by atoms with van der Waals surface area (Å²) in [7, 11) is 0. The van der Waals surface area contributed by atoms with Crippen LogP contribution < -0.4 is 16.0 Å². The first-order valence-corrected chi connectivity index (χ1v) is 9.55. The molecule has 27 heavy (non-hydrogen) atoms. The van der Waals surface area contributed by atoms with Crippen LogP contribution in [0.2, 0.25) is 0 Å². The maximum Gasteiger partial charge on any atom is 0.279 e. The van der Waals surface area contributed by atoms with Crippen LogP contribution in [0.15, 0.2) is 48.5 Å². The third-order valence-corrected chi connectivity index (χ3v) is 5.11. The summed E-state index contributed by atoms with van der Waals surface area (Å²) in [5.74, 6) is 0.143. The van der Waals surface area contributed by atoms with Gasteiger partial charge in [-0.05, 0) is 36.1 Å². The number of benzene rings is 2. The number of quaternary nitrogens is 1. The van der Waals surface area contributed by atoms with Crippen molar-refractivity contribution >= 4 is 17.5 Å². The zero-order valence-corrected chi connectivity index (χ0v) is 16.2. The highest BCUT2D eigenvalue weighted by Crippen LogP contribution is 2.17. The summed E-state index contributed by atoms with van der Waals surface area (Å²) in [6, 6.07) is 15.2. The Bertz CT molecular complexity index is 815. The molecule has 142 valence electrons. The van der Waals surface area contributed by atoms with Crippen molar-refractivity contribution in [1.29, 1.82) is 0 Å². The molecule has 3 rings (SSSR count). The van der Waals surface area contributed by atoms with Crippen molar-refractivity contribution in [2.24, 2.45) is 0 Å². The summed E-state index contributed by atoms with van der Waals surface area (Å²) in [6.45, 7) is 6.77. The highest BCUT2D eigenvalue weighted by Gasteiger charge is 2.29. The van der Waals surface area contributed by atoms with Gasteiger partial charge in [0, 0.05) is 17.7 Å². The predicted octanol–water partition coefficient (Wildman–Crippen LogP) is 1.94. The van der Waals surface area contributed by atoms with Crippen LogP contribution >= 0.6 is 0 Å². The Kier molecular flexibility index (Phi) is 5.91. The Morgan fingerprint density at radius 3 is 2.33 bits per heavy atom. The van der Waals surface area contributed by atoms with Gasteiger partial charge < -0.3 is 16.0 Å². The number of nitrogens with one attached hydrogen (secondary N) is 2. The third-order valence-electron chi connectivity index (χ3n) is 5.11. The number of rotatable bonds is 5. The minimum absolute atomic E-state index is 0.0951. The van der Waals surface area contributed by atoms with Gasteiger partial charge in [0.1, 0.15) is 12.6 Å². The lowest BCUT2D eigenvalue weighted by atomic mass is 9.95. The van der Waals surface area contributed by atoms with E-state index in [1.807, 2.05) is 41.7 Å². The van der Waals surface area contributed by atoms with Gasteiger partial charge in [-0.1, -0.05) is 50.2 Å². The van der Waals surface area contributed by atoms with Gasteiger partial charge >= 0.3 is 0 Å². The Morgan fingerprint density at radius 2 is 1.67 bits per heavy atom. The van der Waals surface area contributed by atoms with E-state index in [4.69, 9.17) is 0 Å². The zero-order valence-electron chi connectivity index (χ0n) is 16.2. The summed E-state index contributed by atoms with van der Waals surface area (Å²) < 4.78 is 0. The third kappa shape index (κ3) is 4.74. The number of carbonyl (C=O) groups excluding carboxylic acids is 2. The second kappa shape index (κ2) is 8.35. The van der Waals surface area contributed by atoms with Gasteiger partial charge in [0.05, 0.1) is 0 Å². The number of nitrogens with two attached hydrogens (primary N) is 1. The molecule has 0 spiro atoms. The summed E-state index contributed by atoms with van der Waals surface area (Å²) in [5.41, 5.74) is 4.45. The van der Waals surface area contributed by atoms with Gasteiger partial charge in [-0.25, -0.2) is 0 Å². The minimum Gasteiger partial charge on any atom is -0.339 e. The number of carbonyl (C=O) groups is 2. The van der Waals surface area contributed by atoms with Gasteiger partial charge in [-0.15, -0.1) is 0 Å². The average molecular weight is 366 g/mol. The first-order valence-electron chi connectivity index (χ1n) is 9.55. The molecule has 2 amide bonds. The van der Waals surface area contributed by atoms with E-state index >= 15 is 0 Å². The molecule has 2 atom stereocenters. The molecule has 0 radical (unpaired) electrons. The Labute approximate surface area is 160 Å². The van der Waals surface area contributed by atoms with Crippen molar-refractivity contribution < 1.29 is 14.9 Å². The minimum atomic E-state index is -0.590. The molecule has 4 N–H and O–H groups in total. The van der Waals surface area contributed by atoms with E-state index in [-0.39, 0.29) is 17.9 Å². The molecule has 0 saturated carbocycles. The summed E-state index contributed by atoms with van der Waals surface area (Å²) in [4.78, 5) is 25.0. The van der Waals surface area contributed by atoms with Crippen molar-refractivity contribution in [2.45, 2.75) is 51.7 Å². The van der Waals surface area contributed by atoms with E-state index in [9.17, 15) is 9.59 Å². The lowest BCUT2D eigenvalue weighted by Gasteiger charge is -2.23. The molecule has 0 unspecified atom stereocenters. The molecule has 0 saturated heterocycles. The molecule has 1 heterocycles. The second-order valence-corrected chi connectivity index (χ2v) is 7.52. The fourth-order valence-electron chi connectivity index (χ4n) is 3.33. The van der Waals surface area contributed by atoms with Crippen molar-refractivity contribution in [3.8, 4) is 0 Å². The molecule has 1 aliphatic rings. The van der Waals surface area contributed by atoms with Crippen LogP contribution in [0.4, 0.5) is 5.69 Å². The number of fused-ring (bicyclic) bond motifs is 1. The zero-order chi connectivity index (χ0) is 19.4. The van der Waals surface area contributed by atoms with Gasteiger partial charge in [-0.2, -0.15) is 0 Å². The van der Waals surface area contributed by atoms with Crippen LogP contribution in [-0.4, -0.2) is 23.9 Å². The van der Waals surface area contributed by atoms with Crippen molar-refractivity contribution in [3.05, 3.63) is 65.2 Å². The summed E-state index contributed by atoms with van der Waals surface area (Å²) in [6.07, 6.45) is 0.688. The van der Waals surface area contributed by atoms with Gasteiger partial charge in [0.2, 0.25) is 5.91 Å². The van der Waals surface area contributed by atoms with Crippen LogP contribution in [0.25, 0.3) is 0 Å². The first kappa shape index (κ1) is 19.1. The predicted molar refractivity (Wildman–Crippen MR) is 106 cm³/mol. The molecule has 2 aromatic rings. The lowest BCUT2D eigenvalue weighted by Crippen LogP contribution is -2.93. The SMILES string of the molecule is CC(C)c1ccc(NC(=O)[C@H](C)NC(=O)[C@@H]2Cc3ccccc3C[NH2+]2)cc1. The number of hydrogen-bond acceptors (Lipinski definition) is 2. The van der Waals surface area contributed by atoms with Gasteiger partial charge in [0.15, 0.2) is 6.04 Å². The number of hydrogen-bond donors (Lipinski definition) is 3. The van der Waals surface area contributed by atoms with Gasteiger partial charge in [0.25, 0.3) is 5.91 Å². The van der Waals surface area contributed by atoms with E-state index in [1.165, 1.54) is 16.7 Å². The maximum absolute atomic E-state index is 12.6. The van der Waals surface area contributed by atoms with E-state index in [0.29, 0.717) is 12.3 Å². The highest BCUT2D eigenvalue weighted by atomic mass is 16.2. The highest BCUT2D eigenvalue weighted by molar-refractivity contribution is 5.97. The largest absolute Gasteiger partial charge is 0.339 e. The smallest absolute Gasteiger partial charge is 0.279 e. The molecule has 0 fully saturated rings.